The maximum atomic E-state index is 6.07. The van der Waals surface area contributed by atoms with Gasteiger partial charge in [0, 0.05) is 24.8 Å². The van der Waals surface area contributed by atoms with E-state index in [1.165, 1.54) is 11.3 Å². The van der Waals surface area contributed by atoms with Gasteiger partial charge in [-0.05, 0) is 36.0 Å². The van der Waals surface area contributed by atoms with Crippen molar-refractivity contribution in [2.45, 2.75) is 39.2 Å². The first kappa shape index (κ1) is 12.4. The molecule has 0 amide bonds. The fraction of sp³-hybridized carbons (Fsp3) is 0.600. The molecule has 0 radical (unpaired) electrons. The number of nitrogens with two attached hydrogens (primary N) is 1. The van der Waals surface area contributed by atoms with Crippen LogP contribution in [-0.2, 0) is 0 Å². The number of nitrogens with zero attached hydrogens (tertiary/aromatic N) is 1. The van der Waals surface area contributed by atoms with Crippen molar-refractivity contribution in [1.82, 2.24) is 0 Å². The zero-order chi connectivity index (χ0) is 12.4. The zero-order valence-electron chi connectivity index (χ0n) is 11.2. The number of hydrogen-bond acceptors (Lipinski definition) is 2. The van der Waals surface area contributed by atoms with Crippen molar-refractivity contribution in [1.29, 1.82) is 0 Å². The predicted molar refractivity (Wildman–Crippen MR) is 74.5 cm³/mol. The SMILES string of the molecule is CC(C)c1cccc(N2CCC(N)C(C)C2)c1. The highest BCUT2D eigenvalue weighted by atomic mass is 15.1. The lowest BCUT2D eigenvalue weighted by molar-refractivity contribution is 0.383. The van der Waals surface area contributed by atoms with Gasteiger partial charge in [0.2, 0.25) is 0 Å². The molecule has 1 aromatic rings. The maximum absolute atomic E-state index is 6.07. The molecule has 0 bridgehead atoms. The second-order valence-electron chi connectivity index (χ2n) is 5.63. The molecule has 1 fully saturated rings. The van der Waals surface area contributed by atoms with Crippen LogP contribution < -0.4 is 10.6 Å². The smallest absolute Gasteiger partial charge is 0.0369 e. The van der Waals surface area contributed by atoms with Crippen LogP contribution in [0.2, 0.25) is 0 Å². The van der Waals surface area contributed by atoms with E-state index in [9.17, 15) is 0 Å². The van der Waals surface area contributed by atoms with Crippen molar-refractivity contribution < 1.29 is 0 Å². The van der Waals surface area contributed by atoms with Crippen molar-refractivity contribution in [2.24, 2.45) is 11.7 Å². The standard InChI is InChI=1S/C15H24N2/c1-11(2)13-5-4-6-14(9-13)17-8-7-15(16)12(3)10-17/h4-6,9,11-12,15H,7-8,10,16H2,1-3H3. The lowest BCUT2D eigenvalue weighted by atomic mass is 9.94. The number of anilines is 1. The van der Waals surface area contributed by atoms with Gasteiger partial charge in [0.1, 0.15) is 0 Å². The minimum Gasteiger partial charge on any atom is -0.371 e. The molecule has 1 aromatic carbocycles. The van der Waals surface area contributed by atoms with Crippen LogP contribution in [0.15, 0.2) is 24.3 Å². The molecule has 0 aliphatic carbocycles. The minimum absolute atomic E-state index is 0.375. The Bertz CT molecular complexity index is 373. The van der Waals surface area contributed by atoms with E-state index in [-0.39, 0.29) is 0 Å². The van der Waals surface area contributed by atoms with Crippen LogP contribution in [0.3, 0.4) is 0 Å². The largest absolute Gasteiger partial charge is 0.371 e. The number of hydrogen-bond donors (Lipinski definition) is 1. The Morgan fingerprint density at radius 3 is 2.76 bits per heavy atom. The van der Waals surface area contributed by atoms with E-state index in [4.69, 9.17) is 5.73 Å². The van der Waals surface area contributed by atoms with Gasteiger partial charge in [0.05, 0.1) is 0 Å². The molecule has 94 valence electrons. The third-order valence-electron chi connectivity index (χ3n) is 3.87. The van der Waals surface area contributed by atoms with Crippen LogP contribution in [0.25, 0.3) is 0 Å². The van der Waals surface area contributed by atoms with Crippen molar-refractivity contribution in [3.63, 3.8) is 0 Å². The molecule has 2 nitrogen and oxygen atoms in total. The van der Waals surface area contributed by atoms with Crippen LogP contribution in [0.5, 0.6) is 0 Å². The first-order chi connectivity index (χ1) is 8.08. The molecule has 2 unspecified atom stereocenters. The summed E-state index contributed by atoms with van der Waals surface area (Å²) in [5.74, 6) is 1.19. The van der Waals surface area contributed by atoms with E-state index in [0.29, 0.717) is 17.9 Å². The zero-order valence-corrected chi connectivity index (χ0v) is 11.2. The summed E-state index contributed by atoms with van der Waals surface area (Å²) in [7, 11) is 0. The fourth-order valence-corrected chi connectivity index (χ4v) is 2.48. The minimum atomic E-state index is 0.375. The summed E-state index contributed by atoms with van der Waals surface area (Å²) >= 11 is 0. The second kappa shape index (κ2) is 5.09. The molecule has 1 aliphatic heterocycles. The molecule has 0 aromatic heterocycles. The quantitative estimate of drug-likeness (QED) is 0.849. The monoisotopic (exact) mass is 232 g/mol. The van der Waals surface area contributed by atoms with Gasteiger partial charge in [-0.3, -0.25) is 0 Å². The Hall–Kier alpha value is -1.02. The molecule has 0 saturated carbocycles. The summed E-state index contributed by atoms with van der Waals surface area (Å²) in [4.78, 5) is 2.47. The molecule has 2 heteroatoms. The summed E-state index contributed by atoms with van der Waals surface area (Å²) in [6.07, 6.45) is 1.10. The van der Waals surface area contributed by atoms with Crippen LogP contribution in [-0.4, -0.2) is 19.1 Å². The third kappa shape index (κ3) is 2.81. The molecule has 1 saturated heterocycles. The van der Waals surface area contributed by atoms with Gasteiger partial charge >= 0.3 is 0 Å². The molecule has 2 atom stereocenters. The number of benzene rings is 1. The molecule has 2 rings (SSSR count). The van der Waals surface area contributed by atoms with E-state index in [2.05, 4.69) is 49.9 Å². The number of piperidine rings is 1. The van der Waals surface area contributed by atoms with Crippen LogP contribution in [0.4, 0.5) is 5.69 Å². The van der Waals surface area contributed by atoms with Crippen molar-refractivity contribution in [3.05, 3.63) is 29.8 Å². The molecule has 0 spiro atoms. The normalized spacial score (nSPS) is 25.4. The molecular weight excluding hydrogens is 208 g/mol. The summed E-state index contributed by atoms with van der Waals surface area (Å²) in [5, 5.41) is 0. The Kier molecular flexibility index (Phi) is 3.72. The number of rotatable bonds is 2. The van der Waals surface area contributed by atoms with E-state index >= 15 is 0 Å². The summed E-state index contributed by atoms with van der Waals surface area (Å²) in [6.45, 7) is 8.92. The molecule has 1 heterocycles. The van der Waals surface area contributed by atoms with Gasteiger partial charge in [-0.2, -0.15) is 0 Å². The lowest BCUT2D eigenvalue weighted by Crippen LogP contribution is -2.46. The Balaban J connectivity index is 2.14. The highest BCUT2D eigenvalue weighted by Gasteiger charge is 2.23. The van der Waals surface area contributed by atoms with Gasteiger partial charge in [-0.25, -0.2) is 0 Å². The highest BCUT2D eigenvalue weighted by molar-refractivity contribution is 5.49. The van der Waals surface area contributed by atoms with Gasteiger partial charge in [0.15, 0.2) is 0 Å². The summed E-state index contributed by atoms with van der Waals surface area (Å²) < 4.78 is 0. The topological polar surface area (TPSA) is 29.3 Å². The van der Waals surface area contributed by atoms with Crippen LogP contribution in [0.1, 0.15) is 38.7 Å². The van der Waals surface area contributed by atoms with Crippen molar-refractivity contribution in [3.8, 4) is 0 Å². The predicted octanol–water partition coefficient (Wildman–Crippen LogP) is 2.98. The van der Waals surface area contributed by atoms with Crippen molar-refractivity contribution in [2.75, 3.05) is 18.0 Å². The second-order valence-corrected chi connectivity index (χ2v) is 5.63. The van der Waals surface area contributed by atoms with E-state index in [1.54, 1.807) is 0 Å². The van der Waals surface area contributed by atoms with Gasteiger partial charge in [-0.15, -0.1) is 0 Å². The van der Waals surface area contributed by atoms with E-state index < -0.39 is 0 Å². The first-order valence-electron chi connectivity index (χ1n) is 6.68. The highest BCUT2D eigenvalue weighted by Crippen LogP contribution is 2.25. The molecular formula is C15H24N2. The maximum Gasteiger partial charge on any atom is 0.0369 e. The third-order valence-corrected chi connectivity index (χ3v) is 3.87. The van der Waals surface area contributed by atoms with Crippen LogP contribution >= 0.6 is 0 Å². The van der Waals surface area contributed by atoms with Crippen molar-refractivity contribution >= 4 is 5.69 Å². The Morgan fingerprint density at radius 2 is 2.12 bits per heavy atom. The van der Waals surface area contributed by atoms with Gasteiger partial charge in [-0.1, -0.05) is 32.9 Å². The molecule has 17 heavy (non-hydrogen) atoms. The molecule has 1 aliphatic rings. The van der Waals surface area contributed by atoms with Gasteiger partial charge < -0.3 is 10.6 Å². The fourth-order valence-electron chi connectivity index (χ4n) is 2.48. The van der Waals surface area contributed by atoms with Crippen LogP contribution in [0, 0.1) is 5.92 Å². The average Bonchev–Trinajstić information content (AvgIpc) is 2.33. The average molecular weight is 232 g/mol. The Labute approximate surface area is 105 Å². The van der Waals surface area contributed by atoms with E-state index in [0.717, 1.165) is 19.5 Å². The molecule has 2 N–H and O–H groups in total. The van der Waals surface area contributed by atoms with E-state index in [1.807, 2.05) is 0 Å². The Morgan fingerprint density at radius 1 is 1.35 bits per heavy atom. The summed E-state index contributed by atoms with van der Waals surface area (Å²) in [6, 6.07) is 9.31. The lowest BCUT2D eigenvalue weighted by Gasteiger charge is -2.36. The summed E-state index contributed by atoms with van der Waals surface area (Å²) in [5.41, 5.74) is 8.85. The first-order valence-corrected chi connectivity index (χ1v) is 6.68. The van der Waals surface area contributed by atoms with Gasteiger partial charge in [0.25, 0.3) is 0 Å².